The molecule has 7 heteroatoms. The van der Waals surface area contributed by atoms with E-state index in [1.807, 2.05) is 0 Å². The van der Waals surface area contributed by atoms with Crippen LogP contribution in [0.15, 0.2) is 12.3 Å². The normalized spacial score (nSPS) is 10.3. The highest BCUT2D eigenvalue weighted by Gasteiger charge is 2.18. The van der Waals surface area contributed by atoms with Crippen LogP contribution in [-0.4, -0.2) is 52.3 Å². The largest absolute Gasteiger partial charge is 0.395 e. The monoisotopic (exact) mass is 243 g/mol. The first kappa shape index (κ1) is 13.3. The molecule has 1 amide bonds. The fourth-order valence-electron chi connectivity index (χ4n) is 1.35. The van der Waals surface area contributed by atoms with E-state index in [0.717, 1.165) is 12.3 Å². The first-order valence-corrected chi connectivity index (χ1v) is 5.02. The van der Waals surface area contributed by atoms with Gasteiger partial charge in [-0.05, 0) is 6.07 Å². The lowest BCUT2D eigenvalue weighted by atomic mass is 10.2. The number of carbonyl (C=O) groups excluding carboxylic acids is 1. The number of aliphatic hydroxyl groups excluding tert-OH is 2. The molecule has 0 fully saturated rings. The van der Waals surface area contributed by atoms with Gasteiger partial charge in [0.1, 0.15) is 11.6 Å². The van der Waals surface area contributed by atoms with Crippen LogP contribution < -0.4 is 5.73 Å². The van der Waals surface area contributed by atoms with Crippen molar-refractivity contribution in [1.29, 1.82) is 0 Å². The van der Waals surface area contributed by atoms with Crippen molar-refractivity contribution in [2.45, 2.75) is 0 Å². The summed E-state index contributed by atoms with van der Waals surface area (Å²) in [7, 11) is 0. The summed E-state index contributed by atoms with van der Waals surface area (Å²) in [6.07, 6.45) is 0.911. The van der Waals surface area contributed by atoms with Gasteiger partial charge in [-0.3, -0.25) is 4.79 Å². The van der Waals surface area contributed by atoms with Crippen molar-refractivity contribution in [3.05, 3.63) is 23.6 Å². The highest BCUT2D eigenvalue weighted by Crippen LogP contribution is 2.12. The van der Waals surface area contributed by atoms with Crippen molar-refractivity contribution in [1.82, 2.24) is 9.88 Å². The molecule has 0 spiro atoms. The second-order valence-electron chi connectivity index (χ2n) is 3.33. The van der Waals surface area contributed by atoms with E-state index >= 15 is 0 Å². The first-order valence-electron chi connectivity index (χ1n) is 5.02. The number of nitrogen functional groups attached to an aromatic ring is 1. The number of halogens is 1. The first-order chi connectivity index (χ1) is 8.10. The summed E-state index contributed by atoms with van der Waals surface area (Å²) in [5.74, 6) is -1.33. The predicted octanol–water partition coefficient (Wildman–Crippen LogP) is -0.770. The number of nitrogens with two attached hydrogens (primary N) is 1. The van der Waals surface area contributed by atoms with Crippen molar-refractivity contribution in [2.75, 3.05) is 32.0 Å². The maximum absolute atomic E-state index is 13.0. The van der Waals surface area contributed by atoms with Gasteiger partial charge < -0.3 is 20.8 Å². The molecule has 0 bridgehead atoms. The van der Waals surface area contributed by atoms with Crippen LogP contribution in [0.4, 0.5) is 10.2 Å². The molecule has 4 N–H and O–H groups in total. The Balaban J connectivity index is 2.95. The third-order valence-electron chi connectivity index (χ3n) is 2.14. The maximum Gasteiger partial charge on any atom is 0.257 e. The summed E-state index contributed by atoms with van der Waals surface area (Å²) in [6.45, 7) is -0.437. The molecule has 17 heavy (non-hydrogen) atoms. The minimum atomic E-state index is -0.671. The number of carbonyl (C=O) groups is 1. The van der Waals surface area contributed by atoms with Gasteiger partial charge in [0.2, 0.25) is 0 Å². The molecule has 1 aromatic rings. The summed E-state index contributed by atoms with van der Waals surface area (Å²) >= 11 is 0. The van der Waals surface area contributed by atoms with E-state index in [0.29, 0.717) is 0 Å². The molecule has 0 aliphatic rings. The Labute approximate surface area is 97.5 Å². The van der Waals surface area contributed by atoms with Gasteiger partial charge >= 0.3 is 0 Å². The van der Waals surface area contributed by atoms with E-state index in [4.69, 9.17) is 15.9 Å². The lowest BCUT2D eigenvalue weighted by Gasteiger charge is -2.21. The highest BCUT2D eigenvalue weighted by molar-refractivity contribution is 5.98. The number of pyridine rings is 1. The van der Waals surface area contributed by atoms with E-state index in [9.17, 15) is 9.18 Å². The molecule has 0 aliphatic carbocycles. The van der Waals surface area contributed by atoms with Gasteiger partial charge in [-0.1, -0.05) is 0 Å². The number of nitrogens with zero attached hydrogens (tertiary/aromatic N) is 2. The average Bonchev–Trinajstić information content (AvgIpc) is 2.31. The smallest absolute Gasteiger partial charge is 0.257 e. The average molecular weight is 243 g/mol. The SMILES string of the molecule is Nc1ncc(F)cc1C(=O)N(CCO)CCO. The Bertz CT molecular complexity index is 394. The predicted molar refractivity (Wildman–Crippen MR) is 58.7 cm³/mol. The van der Waals surface area contributed by atoms with E-state index in [2.05, 4.69) is 4.98 Å². The summed E-state index contributed by atoms with van der Waals surface area (Å²) < 4.78 is 13.0. The third-order valence-corrected chi connectivity index (χ3v) is 2.14. The van der Waals surface area contributed by atoms with Gasteiger partial charge in [-0.15, -0.1) is 0 Å². The van der Waals surface area contributed by atoms with Gasteiger partial charge in [-0.2, -0.15) is 0 Å². The van der Waals surface area contributed by atoms with E-state index in [1.165, 1.54) is 4.90 Å². The number of anilines is 1. The van der Waals surface area contributed by atoms with E-state index in [-0.39, 0.29) is 37.7 Å². The molecule has 0 atom stereocenters. The summed E-state index contributed by atoms with van der Waals surface area (Å²) in [5, 5.41) is 17.6. The second kappa shape index (κ2) is 6.12. The fraction of sp³-hybridized carbons (Fsp3) is 0.400. The molecule has 0 aromatic carbocycles. The number of hydrogen-bond acceptors (Lipinski definition) is 5. The standard InChI is InChI=1S/C10H14FN3O3/c11-7-5-8(9(12)13-6-7)10(17)14(1-3-15)2-4-16/h5-6,15-16H,1-4H2,(H2,12,13). The zero-order chi connectivity index (χ0) is 12.8. The zero-order valence-electron chi connectivity index (χ0n) is 9.14. The molecule has 1 aromatic heterocycles. The Morgan fingerprint density at radius 1 is 1.41 bits per heavy atom. The van der Waals surface area contributed by atoms with Gasteiger partial charge in [-0.25, -0.2) is 9.37 Å². The molecule has 1 heterocycles. The third kappa shape index (κ3) is 3.36. The molecule has 1 rings (SSSR count). The van der Waals surface area contributed by atoms with E-state index in [1.54, 1.807) is 0 Å². The zero-order valence-corrected chi connectivity index (χ0v) is 9.14. The molecule has 0 radical (unpaired) electrons. The van der Waals surface area contributed by atoms with Crippen LogP contribution in [0, 0.1) is 5.82 Å². The van der Waals surface area contributed by atoms with Gasteiger partial charge in [0.15, 0.2) is 0 Å². The summed E-state index contributed by atoms with van der Waals surface area (Å²) in [6, 6.07) is 0.979. The quantitative estimate of drug-likeness (QED) is 0.630. The Morgan fingerprint density at radius 2 is 2.00 bits per heavy atom. The minimum Gasteiger partial charge on any atom is -0.395 e. The van der Waals surface area contributed by atoms with Gasteiger partial charge in [0, 0.05) is 13.1 Å². The van der Waals surface area contributed by atoms with Gasteiger partial charge in [0.05, 0.1) is 25.0 Å². The van der Waals surface area contributed by atoms with Crippen LogP contribution in [-0.2, 0) is 0 Å². The molecule has 0 unspecified atom stereocenters. The van der Waals surface area contributed by atoms with Crippen molar-refractivity contribution in [3.8, 4) is 0 Å². The van der Waals surface area contributed by atoms with Crippen LogP contribution in [0.25, 0.3) is 0 Å². The van der Waals surface area contributed by atoms with Crippen LogP contribution in [0.3, 0.4) is 0 Å². The van der Waals surface area contributed by atoms with Crippen molar-refractivity contribution >= 4 is 11.7 Å². The number of aliphatic hydroxyl groups is 2. The fourth-order valence-corrected chi connectivity index (χ4v) is 1.35. The molecular weight excluding hydrogens is 229 g/mol. The second-order valence-corrected chi connectivity index (χ2v) is 3.33. The number of amides is 1. The molecule has 0 saturated carbocycles. The molecular formula is C10H14FN3O3. The van der Waals surface area contributed by atoms with Crippen LogP contribution in [0.2, 0.25) is 0 Å². The van der Waals surface area contributed by atoms with Gasteiger partial charge in [0.25, 0.3) is 5.91 Å². The molecule has 0 saturated heterocycles. The van der Waals surface area contributed by atoms with Crippen LogP contribution in [0.1, 0.15) is 10.4 Å². The van der Waals surface area contributed by atoms with Crippen molar-refractivity contribution < 1.29 is 19.4 Å². The Morgan fingerprint density at radius 3 is 2.53 bits per heavy atom. The summed E-state index contributed by atoms with van der Waals surface area (Å²) in [4.78, 5) is 16.6. The lowest BCUT2D eigenvalue weighted by molar-refractivity contribution is 0.0685. The van der Waals surface area contributed by atoms with Crippen molar-refractivity contribution in [2.24, 2.45) is 0 Å². The maximum atomic E-state index is 13.0. The molecule has 6 nitrogen and oxygen atoms in total. The Hall–Kier alpha value is -1.73. The Kier molecular flexibility index (Phi) is 4.80. The van der Waals surface area contributed by atoms with Crippen LogP contribution in [0.5, 0.6) is 0 Å². The minimum absolute atomic E-state index is 0.0371. The number of hydrogen-bond donors (Lipinski definition) is 3. The van der Waals surface area contributed by atoms with Crippen molar-refractivity contribution in [3.63, 3.8) is 0 Å². The van der Waals surface area contributed by atoms with E-state index < -0.39 is 11.7 Å². The summed E-state index contributed by atoms with van der Waals surface area (Å²) in [5.41, 5.74) is 5.39. The lowest BCUT2D eigenvalue weighted by Crippen LogP contribution is -2.36. The highest BCUT2D eigenvalue weighted by atomic mass is 19.1. The molecule has 0 aliphatic heterocycles. The molecule has 94 valence electrons. The number of aromatic nitrogens is 1. The topological polar surface area (TPSA) is 99.7 Å². The number of rotatable bonds is 5. The van der Waals surface area contributed by atoms with Crippen LogP contribution >= 0.6 is 0 Å².